The maximum absolute atomic E-state index is 11.5. The van der Waals surface area contributed by atoms with Crippen LogP contribution in [0.15, 0.2) is 59.4 Å². The third kappa shape index (κ3) is 9.43. The van der Waals surface area contributed by atoms with Crippen molar-refractivity contribution in [3.8, 4) is 17.2 Å². The van der Waals surface area contributed by atoms with E-state index < -0.39 is 11.2 Å². The molecule has 0 unspecified atom stereocenters. The number of aromatic amines is 2. The Morgan fingerprint density at radius 2 is 1.11 bits per heavy atom. The molecular formula is C28H26Br3Cl3N8O5. The first-order valence-corrected chi connectivity index (χ1v) is 15.7. The Labute approximate surface area is 307 Å². The number of methoxy groups -OCH3 is 3. The van der Waals surface area contributed by atoms with Crippen LogP contribution < -0.4 is 37.3 Å². The monoisotopic (exact) mass is 896 g/mol. The topological polar surface area (TPSA) is 206 Å². The largest absolute Gasteiger partial charge is 0.497 e. The molecule has 0 fully saturated rings. The molecule has 0 amide bonds. The summed E-state index contributed by atoms with van der Waals surface area (Å²) in [4.78, 5) is 43.1. The van der Waals surface area contributed by atoms with Gasteiger partial charge in [0, 0.05) is 24.2 Å². The Balaban J connectivity index is 0.000000240. The maximum atomic E-state index is 11.5. The number of rotatable bonds is 3. The molecular weight excluding hydrogens is 874 g/mol. The first kappa shape index (κ1) is 39.9. The summed E-state index contributed by atoms with van der Waals surface area (Å²) in [6.45, 7) is 0. The summed E-state index contributed by atoms with van der Waals surface area (Å²) in [5, 5.41) is 2.35. The van der Waals surface area contributed by atoms with E-state index in [-0.39, 0.29) is 24.1 Å². The number of H-pyrrole nitrogens is 2. The van der Waals surface area contributed by atoms with Crippen molar-refractivity contribution in [2.24, 2.45) is 0 Å². The zero-order valence-corrected chi connectivity index (χ0v) is 30.9. The molecule has 13 nitrogen and oxygen atoms in total. The highest BCUT2D eigenvalue weighted by Gasteiger charge is 2.11. The maximum Gasteiger partial charge on any atom is 0.326 e. The Bertz CT molecular complexity index is 2090. The van der Waals surface area contributed by atoms with Gasteiger partial charge in [-0.3, -0.25) is 9.78 Å². The molecule has 3 aromatic heterocycles. The fraction of sp³-hybridized carbons (Fsp3) is 0.143. The molecule has 0 aliphatic heterocycles. The van der Waals surface area contributed by atoms with Gasteiger partial charge in [-0.15, -0.1) is 0 Å². The molecule has 0 saturated heterocycles. The number of aromatic nitrogens is 6. The molecule has 0 saturated carbocycles. The summed E-state index contributed by atoms with van der Waals surface area (Å²) >= 11 is 27.4. The van der Waals surface area contributed by atoms with Gasteiger partial charge in [0.1, 0.15) is 28.2 Å². The minimum Gasteiger partial charge on any atom is -0.497 e. The van der Waals surface area contributed by atoms with E-state index in [2.05, 4.69) is 77.7 Å². The zero-order chi connectivity index (χ0) is 33.0. The van der Waals surface area contributed by atoms with Gasteiger partial charge in [0.2, 0.25) is 10.6 Å². The number of anilines is 1. The molecule has 0 radical (unpaired) electrons. The molecule has 3 aromatic carbocycles. The molecule has 0 spiro atoms. The number of hydrogen-bond donors (Lipinski definition) is 4. The second-order valence-corrected chi connectivity index (χ2v) is 12.2. The summed E-state index contributed by atoms with van der Waals surface area (Å²) in [7, 11) is 4.67. The van der Waals surface area contributed by atoms with Gasteiger partial charge in [-0.25, -0.2) is 24.7 Å². The standard InChI is InChI=1S/C9H5BrCl2N2O.C9H7BrClN3O.C9H7BrN2O3.CH4.H3N/c1-15-4-2-5-7(6(10)3-4)13-9(12)14-8(5)11;1-15-4-2-5-7(6(10)3-4)13-9(11)14-8(5)12;1-15-4-2-5-7(6(10)3-4)11-9(14)12-8(5)13;;/h2-3H,1H3;2-3H,1H3,(H2,12,13,14);2-3H,1H3,(H2,11,12,13,14);1H4;1H3. The van der Waals surface area contributed by atoms with Gasteiger partial charge in [-0.2, -0.15) is 0 Å². The summed E-state index contributed by atoms with van der Waals surface area (Å²) in [5.74, 6) is 2.26. The van der Waals surface area contributed by atoms with Gasteiger partial charge in [0.15, 0.2) is 0 Å². The molecule has 19 heteroatoms. The highest BCUT2D eigenvalue weighted by molar-refractivity contribution is 9.11. The van der Waals surface area contributed by atoms with Crippen LogP contribution in [0.4, 0.5) is 5.82 Å². The highest BCUT2D eigenvalue weighted by atomic mass is 79.9. The normalized spacial score (nSPS) is 10.1. The number of nitrogen functional groups attached to an aromatic ring is 1. The van der Waals surface area contributed by atoms with Gasteiger partial charge >= 0.3 is 5.69 Å². The van der Waals surface area contributed by atoms with Gasteiger partial charge < -0.3 is 31.1 Å². The lowest BCUT2D eigenvalue weighted by atomic mass is 10.2. The van der Waals surface area contributed by atoms with E-state index in [4.69, 9.17) is 54.7 Å². The van der Waals surface area contributed by atoms with Crippen LogP contribution in [-0.4, -0.2) is 51.2 Å². The van der Waals surface area contributed by atoms with Crippen LogP contribution in [0.3, 0.4) is 0 Å². The molecule has 6 aromatic rings. The number of ether oxygens (including phenoxy) is 3. The highest BCUT2D eigenvalue weighted by Crippen LogP contribution is 2.33. The van der Waals surface area contributed by atoms with Crippen molar-refractivity contribution in [1.82, 2.24) is 36.1 Å². The lowest BCUT2D eigenvalue weighted by molar-refractivity contribution is 0.415. The molecule has 0 aliphatic rings. The summed E-state index contributed by atoms with van der Waals surface area (Å²) < 4.78 is 17.4. The third-order valence-electron chi connectivity index (χ3n) is 5.86. The van der Waals surface area contributed by atoms with Crippen LogP contribution in [0.25, 0.3) is 32.7 Å². The van der Waals surface area contributed by atoms with E-state index >= 15 is 0 Å². The van der Waals surface area contributed by atoms with Crippen LogP contribution in [0.2, 0.25) is 15.7 Å². The lowest BCUT2D eigenvalue weighted by Crippen LogP contribution is -2.22. The predicted molar refractivity (Wildman–Crippen MR) is 198 cm³/mol. The first-order chi connectivity index (χ1) is 21.3. The number of nitrogens with two attached hydrogens (primary N) is 1. The van der Waals surface area contributed by atoms with Crippen molar-refractivity contribution in [2.75, 3.05) is 27.1 Å². The minimum atomic E-state index is -0.529. The number of nitrogens with zero attached hydrogens (tertiary/aromatic N) is 4. The number of hydrogen-bond acceptors (Lipinski definition) is 11. The van der Waals surface area contributed by atoms with Crippen LogP contribution in [0.1, 0.15) is 7.43 Å². The Kier molecular flexibility index (Phi) is 14.6. The van der Waals surface area contributed by atoms with E-state index in [1.165, 1.54) is 7.11 Å². The van der Waals surface area contributed by atoms with Crippen LogP contribution >= 0.6 is 82.6 Å². The van der Waals surface area contributed by atoms with Crippen molar-refractivity contribution in [2.45, 2.75) is 7.43 Å². The van der Waals surface area contributed by atoms with Gasteiger partial charge in [-0.1, -0.05) is 19.0 Å². The minimum absolute atomic E-state index is 0. The quantitative estimate of drug-likeness (QED) is 0.0986. The van der Waals surface area contributed by atoms with Crippen molar-refractivity contribution < 1.29 is 14.2 Å². The van der Waals surface area contributed by atoms with E-state index in [0.29, 0.717) is 65.4 Å². The molecule has 250 valence electrons. The lowest BCUT2D eigenvalue weighted by Gasteiger charge is -2.06. The van der Waals surface area contributed by atoms with Gasteiger partial charge in [0.05, 0.1) is 43.3 Å². The molecule has 0 aliphatic carbocycles. The van der Waals surface area contributed by atoms with E-state index in [0.717, 1.165) is 8.95 Å². The number of nitrogens with one attached hydrogen (secondary N) is 2. The molecule has 7 N–H and O–H groups in total. The number of halogens is 6. The average Bonchev–Trinajstić information content (AvgIpc) is 2.99. The van der Waals surface area contributed by atoms with Crippen molar-refractivity contribution in [3.63, 3.8) is 0 Å². The van der Waals surface area contributed by atoms with Gasteiger partial charge in [-0.05, 0) is 107 Å². The Hall–Kier alpha value is -3.25. The van der Waals surface area contributed by atoms with Crippen LogP contribution in [0, 0.1) is 0 Å². The third-order valence-corrected chi connectivity index (χ3v) is 8.32. The fourth-order valence-electron chi connectivity index (χ4n) is 3.82. The van der Waals surface area contributed by atoms with Crippen LogP contribution in [-0.2, 0) is 0 Å². The first-order valence-electron chi connectivity index (χ1n) is 12.2. The van der Waals surface area contributed by atoms with E-state index in [1.54, 1.807) is 50.6 Å². The van der Waals surface area contributed by atoms with Crippen molar-refractivity contribution in [3.05, 3.63) is 86.4 Å². The Morgan fingerprint density at radius 3 is 1.64 bits per heavy atom. The smallest absolute Gasteiger partial charge is 0.326 e. The Morgan fingerprint density at radius 1 is 0.660 bits per heavy atom. The number of benzene rings is 3. The summed E-state index contributed by atoms with van der Waals surface area (Å²) in [5.41, 5.74) is 6.58. The fourth-order valence-corrected chi connectivity index (χ4v) is 6.03. The molecule has 6 rings (SSSR count). The SMILES string of the molecule is C.COc1cc(Br)c2[nH]c(=O)[nH]c(=O)c2c1.COc1cc(Br)c2nc(Cl)nc(Cl)c2c1.COc1cc(Br)c2nc(Cl)nc(N)c2c1.N. The van der Waals surface area contributed by atoms with Crippen LogP contribution in [0.5, 0.6) is 17.2 Å². The van der Waals surface area contributed by atoms with E-state index in [1.807, 2.05) is 0 Å². The molecule has 47 heavy (non-hydrogen) atoms. The van der Waals surface area contributed by atoms with Crippen molar-refractivity contribution in [1.29, 1.82) is 0 Å². The molecule has 0 atom stereocenters. The number of fused-ring (bicyclic) bond motifs is 3. The second-order valence-electron chi connectivity index (χ2n) is 8.61. The predicted octanol–water partition coefficient (Wildman–Crippen LogP) is 8.13. The summed E-state index contributed by atoms with van der Waals surface area (Å²) in [6.07, 6.45) is 0. The average molecular weight is 901 g/mol. The summed E-state index contributed by atoms with van der Waals surface area (Å²) in [6, 6.07) is 10.4. The molecule has 0 bridgehead atoms. The second kappa shape index (κ2) is 17.2. The molecule has 3 heterocycles. The van der Waals surface area contributed by atoms with Gasteiger partial charge in [0.25, 0.3) is 5.56 Å². The zero-order valence-electron chi connectivity index (χ0n) is 23.8. The van der Waals surface area contributed by atoms with E-state index in [9.17, 15) is 9.59 Å². The van der Waals surface area contributed by atoms with Crippen molar-refractivity contribution >= 4 is 121 Å².